The largest absolute Gasteiger partial charge is 0.459 e. The highest BCUT2D eigenvalue weighted by molar-refractivity contribution is 9.10. The van der Waals surface area contributed by atoms with Gasteiger partial charge in [0.2, 0.25) is 5.91 Å². The number of hydrogen-bond acceptors (Lipinski definition) is 3. The average Bonchev–Trinajstić information content (AvgIpc) is 3.08. The molecule has 0 aliphatic carbocycles. The number of hydrogen-bond donors (Lipinski definition) is 1. The van der Waals surface area contributed by atoms with Crippen LogP contribution in [0.3, 0.4) is 0 Å². The zero-order valence-electron chi connectivity index (χ0n) is 14.0. The summed E-state index contributed by atoms with van der Waals surface area (Å²) in [5.74, 6) is -0.357. The van der Waals surface area contributed by atoms with Gasteiger partial charge in [-0.3, -0.25) is 9.59 Å². The van der Waals surface area contributed by atoms with Gasteiger partial charge >= 0.3 is 0 Å². The summed E-state index contributed by atoms with van der Waals surface area (Å²) in [6.07, 6.45) is 1.43. The lowest BCUT2D eigenvalue weighted by Gasteiger charge is -2.27. The first-order chi connectivity index (χ1) is 11.4. The SMILES string of the molecule is CC(C)C(NC(=O)c1ccco1)C(=O)N(C)Cc1ccc(Br)cc1. The Bertz CT molecular complexity index is 681. The van der Waals surface area contributed by atoms with E-state index < -0.39 is 6.04 Å². The topological polar surface area (TPSA) is 62.6 Å². The summed E-state index contributed by atoms with van der Waals surface area (Å²) >= 11 is 3.39. The Morgan fingerprint density at radius 3 is 2.42 bits per heavy atom. The van der Waals surface area contributed by atoms with Crippen LogP contribution in [-0.2, 0) is 11.3 Å². The molecule has 2 rings (SSSR count). The quantitative estimate of drug-likeness (QED) is 0.818. The van der Waals surface area contributed by atoms with Crippen molar-refractivity contribution < 1.29 is 14.0 Å². The number of benzene rings is 1. The Hall–Kier alpha value is -2.08. The molecule has 1 atom stereocenters. The van der Waals surface area contributed by atoms with Crippen molar-refractivity contribution >= 4 is 27.7 Å². The maximum Gasteiger partial charge on any atom is 0.287 e. The molecule has 2 amide bonds. The monoisotopic (exact) mass is 392 g/mol. The molecule has 0 saturated heterocycles. The van der Waals surface area contributed by atoms with Crippen LogP contribution in [0.4, 0.5) is 0 Å². The van der Waals surface area contributed by atoms with Crippen molar-refractivity contribution in [3.05, 3.63) is 58.5 Å². The van der Waals surface area contributed by atoms with Crippen LogP contribution in [0.25, 0.3) is 0 Å². The molecule has 0 spiro atoms. The number of amides is 2. The van der Waals surface area contributed by atoms with E-state index in [1.54, 1.807) is 24.1 Å². The van der Waals surface area contributed by atoms with Gasteiger partial charge in [-0.25, -0.2) is 0 Å². The molecule has 6 heteroatoms. The summed E-state index contributed by atoms with van der Waals surface area (Å²) in [6.45, 7) is 4.28. The fourth-order valence-electron chi connectivity index (χ4n) is 2.31. The number of likely N-dealkylation sites (N-methyl/N-ethyl adjacent to an activating group) is 1. The van der Waals surface area contributed by atoms with Gasteiger partial charge in [0.05, 0.1) is 6.26 Å². The minimum atomic E-state index is -0.608. The van der Waals surface area contributed by atoms with E-state index in [-0.39, 0.29) is 23.5 Å². The standard InChI is InChI=1S/C18H21BrN2O3/c1-12(2)16(20-17(22)15-5-4-10-24-15)18(23)21(3)11-13-6-8-14(19)9-7-13/h4-10,12,16H,11H2,1-3H3,(H,20,22). The molecule has 1 unspecified atom stereocenters. The zero-order chi connectivity index (χ0) is 17.7. The molecule has 1 N–H and O–H groups in total. The first-order valence-corrected chi connectivity index (χ1v) is 8.51. The van der Waals surface area contributed by atoms with Gasteiger partial charge in [0.25, 0.3) is 5.91 Å². The van der Waals surface area contributed by atoms with Crippen LogP contribution in [0.1, 0.15) is 30.0 Å². The van der Waals surface area contributed by atoms with E-state index in [0.29, 0.717) is 6.54 Å². The van der Waals surface area contributed by atoms with Crippen LogP contribution in [0.2, 0.25) is 0 Å². The van der Waals surface area contributed by atoms with Gasteiger partial charge in [0.15, 0.2) is 5.76 Å². The molecule has 5 nitrogen and oxygen atoms in total. The molecule has 24 heavy (non-hydrogen) atoms. The Labute approximate surface area is 150 Å². The predicted octanol–water partition coefficient (Wildman–Crippen LogP) is 3.46. The van der Waals surface area contributed by atoms with E-state index in [2.05, 4.69) is 21.2 Å². The van der Waals surface area contributed by atoms with Gasteiger partial charge in [-0.2, -0.15) is 0 Å². The molecule has 0 aliphatic rings. The third-order valence-electron chi connectivity index (χ3n) is 3.67. The minimum absolute atomic E-state index is 0.0382. The van der Waals surface area contributed by atoms with Gasteiger partial charge in [-0.05, 0) is 35.7 Å². The van der Waals surface area contributed by atoms with Crippen molar-refractivity contribution in [2.45, 2.75) is 26.4 Å². The Kier molecular flexibility index (Phi) is 6.20. The first-order valence-electron chi connectivity index (χ1n) is 7.72. The predicted molar refractivity (Wildman–Crippen MR) is 95.4 cm³/mol. The second-order valence-corrected chi connectivity index (χ2v) is 6.91. The molecule has 0 radical (unpaired) electrons. The third-order valence-corrected chi connectivity index (χ3v) is 4.20. The average molecular weight is 393 g/mol. The van der Waals surface area contributed by atoms with Crippen molar-refractivity contribution in [2.75, 3.05) is 7.05 Å². The highest BCUT2D eigenvalue weighted by Gasteiger charge is 2.28. The highest BCUT2D eigenvalue weighted by Crippen LogP contribution is 2.14. The molecule has 1 aromatic carbocycles. The number of nitrogens with one attached hydrogen (secondary N) is 1. The molecule has 0 aliphatic heterocycles. The lowest BCUT2D eigenvalue weighted by atomic mass is 10.0. The molecule has 0 saturated carbocycles. The van der Waals surface area contributed by atoms with Gasteiger partial charge in [0, 0.05) is 18.1 Å². The zero-order valence-corrected chi connectivity index (χ0v) is 15.5. The van der Waals surface area contributed by atoms with Crippen LogP contribution < -0.4 is 5.32 Å². The second kappa shape index (κ2) is 8.15. The smallest absolute Gasteiger partial charge is 0.287 e. The van der Waals surface area contributed by atoms with E-state index in [0.717, 1.165) is 10.0 Å². The summed E-state index contributed by atoms with van der Waals surface area (Å²) < 4.78 is 6.07. The molecule has 128 valence electrons. The molecule has 2 aromatic rings. The number of furan rings is 1. The van der Waals surface area contributed by atoms with Crippen LogP contribution in [0, 0.1) is 5.92 Å². The van der Waals surface area contributed by atoms with Gasteiger partial charge in [-0.1, -0.05) is 41.9 Å². The number of rotatable bonds is 6. The van der Waals surface area contributed by atoms with Crippen LogP contribution in [-0.4, -0.2) is 29.8 Å². The molecule has 0 fully saturated rings. The van der Waals surface area contributed by atoms with Crippen LogP contribution >= 0.6 is 15.9 Å². The maximum absolute atomic E-state index is 12.7. The normalized spacial score (nSPS) is 12.0. The van der Waals surface area contributed by atoms with E-state index >= 15 is 0 Å². The fraction of sp³-hybridized carbons (Fsp3) is 0.333. The lowest BCUT2D eigenvalue weighted by molar-refractivity contribution is -0.133. The minimum Gasteiger partial charge on any atom is -0.459 e. The molecule has 1 aromatic heterocycles. The molecule has 0 bridgehead atoms. The lowest BCUT2D eigenvalue weighted by Crippen LogP contribution is -2.49. The Balaban J connectivity index is 2.04. The van der Waals surface area contributed by atoms with E-state index in [4.69, 9.17) is 4.42 Å². The Morgan fingerprint density at radius 2 is 1.88 bits per heavy atom. The number of halogens is 1. The van der Waals surface area contributed by atoms with Crippen LogP contribution in [0.5, 0.6) is 0 Å². The first kappa shape index (κ1) is 18.3. The fourth-order valence-corrected chi connectivity index (χ4v) is 2.58. The van der Waals surface area contributed by atoms with E-state index in [1.165, 1.54) is 6.26 Å². The van der Waals surface area contributed by atoms with Gasteiger partial charge in [-0.15, -0.1) is 0 Å². The summed E-state index contributed by atoms with van der Waals surface area (Å²) in [4.78, 5) is 26.5. The molecular formula is C18H21BrN2O3. The summed E-state index contributed by atoms with van der Waals surface area (Å²) in [7, 11) is 1.73. The van der Waals surface area contributed by atoms with Crippen molar-refractivity contribution in [3.63, 3.8) is 0 Å². The summed E-state index contributed by atoms with van der Waals surface area (Å²) in [5.41, 5.74) is 1.02. The van der Waals surface area contributed by atoms with Crippen molar-refractivity contribution in [2.24, 2.45) is 5.92 Å². The van der Waals surface area contributed by atoms with Crippen molar-refractivity contribution in [3.8, 4) is 0 Å². The number of carbonyl (C=O) groups is 2. The number of carbonyl (C=O) groups excluding carboxylic acids is 2. The summed E-state index contributed by atoms with van der Waals surface area (Å²) in [5, 5.41) is 2.76. The van der Waals surface area contributed by atoms with Gasteiger partial charge in [0.1, 0.15) is 6.04 Å². The molecule has 1 heterocycles. The third kappa shape index (κ3) is 4.71. The van der Waals surface area contributed by atoms with Crippen molar-refractivity contribution in [1.82, 2.24) is 10.2 Å². The second-order valence-electron chi connectivity index (χ2n) is 5.99. The number of nitrogens with zero attached hydrogens (tertiary/aromatic N) is 1. The van der Waals surface area contributed by atoms with Gasteiger partial charge < -0.3 is 14.6 Å². The highest BCUT2D eigenvalue weighted by atomic mass is 79.9. The maximum atomic E-state index is 12.7. The summed E-state index contributed by atoms with van der Waals surface area (Å²) in [6, 6.07) is 10.4. The van der Waals surface area contributed by atoms with Crippen molar-refractivity contribution in [1.29, 1.82) is 0 Å². The Morgan fingerprint density at radius 1 is 1.21 bits per heavy atom. The van der Waals surface area contributed by atoms with E-state index in [1.807, 2.05) is 38.1 Å². The van der Waals surface area contributed by atoms with E-state index in [9.17, 15) is 9.59 Å². The molecular weight excluding hydrogens is 372 g/mol. The van der Waals surface area contributed by atoms with Crippen LogP contribution in [0.15, 0.2) is 51.6 Å².